The van der Waals surface area contributed by atoms with Crippen molar-refractivity contribution in [3.05, 3.63) is 143 Å². The highest BCUT2D eigenvalue weighted by molar-refractivity contribution is 5.90. The molecule has 2 fully saturated rings. The van der Waals surface area contributed by atoms with Crippen LogP contribution in [0.1, 0.15) is 72.4 Å². The molecule has 5 aromatic rings. The summed E-state index contributed by atoms with van der Waals surface area (Å²) in [5, 5.41) is 14.8. The normalized spacial score (nSPS) is 20.7. The lowest BCUT2D eigenvalue weighted by atomic mass is 9.97. The molecule has 56 heavy (non-hydrogen) atoms. The summed E-state index contributed by atoms with van der Waals surface area (Å²) < 4.78 is 52.7. The molecule has 7 rings (SSSR count). The second-order valence-corrected chi connectivity index (χ2v) is 14.8. The number of fused-ring (bicyclic) bond motifs is 1. The molecule has 8 nitrogen and oxygen atoms in total. The SMILES string of the molecule is C[C@H](c1ccc2ccccc2c1)N(C)C[C@H]1C[C@@H](c2ccc(CO)cc2)O[C@@H](c2cccc(-c3cccc(CNC(=O)[C@@H]4CCCN4C(=O)C(F)(F)F)c3)c2)O1. The van der Waals surface area contributed by atoms with Gasteiger partial charge in [-0.2, -0.15) is 13.2 Å². The topological polar surface area (TPSA) is 91.3 Å². The minimum absolute atomic E-state index is 0.0416. The molecule has 0 unspecified atom stereocenters. The first-order valence-electron chi connectivity index (χ1n) is 19.0. The van der Waals surface area contributed by atoms with Crippen molar-refractivity contribution >= 4 is 22.6 Å². The maximum atomic E-state index is 13.1. The predicted molar refractivity (Wildman–Crippen MR) is 208 cm³/mol. The lowest BCUT2D eigenvalue weighted by Crippen LogP contribution is -2.50. The zero-order valence-electron chi connectivity index (χ0n) is 31.4. The molecule has 0 aliphatic carbocycles. The van der Waals surface area contributed by atoms with Gasteiger partial charge in [0.2, 0.25) is 5.91 Å². The Kier molecular flexibility index (Phi) is 11.9. The summed E-state index contributed by atoms with van der Waals surface area (Å²) in [7, 11) is 2.11. The number of halogens is 3. The predicted octanol–water partition coefficient (Wildman–Crippen LogP) is 8.41. The number of amides is 2. The maximum Gasteiger partial charge on any atom is 0.471 e. The molecule has 11 heteroatoms. The third-order valence-corrected chi connectivity index (χ3v) is 11.0. The third kappa shape index (κ3) is 8.97. The number of hydrogen-bond acceptors (Lipinski definition) is 6. The zero-order valence-corrected chi connectivity index (χ0v) is 31.4. The van der Waals surface area contributed by atoms with Crippen LogP contribution in [0.25, 0.3) is 21.9 Å². The van der Waals surface area contributed by atoms with E-state index in [1.807, 2.05) is 78.9 Å². The molecule has 2 heterocycles. The molecule has 2 aliphatic heterocycles. The van der Waals surface area contributed by atoms with Crippen LogP contribution in [-0.2, 0) is 32.2 Å². The summed E-state index contributed by atoms with van der Waals surface area (Å²) in [5.41, 5.74) is 6.41. The van der Waals surface area contributed by atoms with Crippen molar-refractivity contribution in [3.8, 4) is 11.1 Å². The highest BCUT2D eigenvalue weighted by Gasteiger charge is 2.47. The van der Waals surface area contributed by atoms with Gasteiger partial charge >= 0.3 is 12.1 Å². The van der Waals surface area contributed by atoms with E-state index in [1.165, 1.54) is 16.3 Å². The first-order valence-corrected chi connectivity index (χ1v) is 19.0. The number of ether oxygens (including phenoxy) is 2. The first-order chi connectivity index (χ1) is 27.0. The average molecular weight is 766 g/mol. The van der Waals surface area contributed by atoms with Crippen molar-refractivity contribution < 1.29 is 37.3 Å². The number of likely N-dealkylation sites (tertiary alicyclic amines) is 1. The minimum atomic E-state index is -5.03. The Morgan fingerprint density at radius 2 is 1.59 bits per heavy atom. The standard InChI is InChI=1S/C45H46F3N3O5/c1-29(34-20-19-32-9-3-4-10-36(32)23-34)50(2)27-39-25-41(33-17-15-30(28-52)16-18-33)56-43(55-39)38-13-6-12-37(24-38)35-11-5-8-31(22-35)26-49-42(53)40-14-7-21-51(40)44(54)45(46,47)48/h3-6,8-13,15-20,22-24,29,39-41,43,52H,7,14,21,25-28H2,1-2H3,(H,49,53)/t29-,39-,40+,41+,43+/m1/s1. The van der Waals surface area contributed by atoms with E-state index in [9.17, 15) is 27.9 Å². The van der Waals surface area contributed by atoms with Gasteiger partial charge in [-0.05, 0) is 89.2 Å². The molecule has 0 saturated carbocycles. The van der Waals surface area contributed by atoms with Crippen LogP contribution in [0.3, 0.4) is 0 Å². The van der Waals surface area contributed by atoms with Gasteiger partial charge in [0, 0.05) is 37.7 Å². The monoisotopic (exact) mass is 765 g/mol. The van der Waals surface area contributed by atoms with Crippen molar-refractivity contribution in [2.75, 3.05) is 20.1 Å². The van der Waals surface area contributed by atoms with E-state index in [-0.39, 0.29) is 44.4 Å². The van der Waals surface area contributed by atoms with Crippen LogP contribution in [0, 0.1) is 0 Å². The largest absolute Gasteiger partial charge is 0.471 e. The fourth-order valence-corrected chi connectivity index (χ4v) is 7.71. The Morgan fingerprint density at radius 1 is 0.857 bits per heavy atom. The van der Waals surface area contributed by atoms with Gasteiger partial charge in [0.05, 0.1) is 18.8 Å². The molecule has 2 saturated heterocycles. The van der Waals surface area contributed by atoms with Crippen LogP contribution in [-0.4, -0.2) is 65.2 Å². The van der Waals surface area contributed by atoms with Crippen molar-refractivity contribution in [3.63, 3.8) is 0 Å². The number of rotatable bonds is 11. The Hall–Kier alpha value is -5.07. The summed E-state index contributed by atoms with van der Waals surface area (Å²) >= 11 is 0. The Labute approximate surface area is 324 Å². The smallest absolute Gasteiger partial charge is 0.392 e. The molecule has 292 valence electrons. The maximum absolute atomic E-state index is 13.1. The van der Waals surface area contributed by atoms with Gasteiger partial charge in [0.15, 0.2) is 6.29 Å². The molecular weight excluding hydrogens is 720 g/mol. The van der Waals surface area contributed by atoms with Gasteiger partial charge in [0.25, 0.3) is 0 Å². The number of carbonyl (C=O) groups excluding carboxylic acids is 2. The quantitative estimate of drug-likeness (QED) is 0.140. The minimum Gasteiger partial charge on any atom is -0.392 e. The number of nitrogens with zero attached hydrogens (tertiary/aromatic N) is 2. The average Bonchev–Trinajstić information content (AvgIpc) is 3.72. The summed E-state index contributed by atoms with van der Waals surface area (Å²) in [4.78, 5) is 27.7. The van der Waals surface area contributed by atoms with Crippen LogP contribution in [0.15, 0.2) is 115 Å². The van der Waals surface area contributed by atoms with Gasteiger partial charge in [-0.3, -0.25) is 14.5 Å². The van der Waals surface area contributed by atoms with Crippen LogP contribution < -0.4 is 5.32 Å². The number of aliphatic hydroxyl groups is 1. The molecule has 2 N–H and O–H groups in total. The number of nitrogens with one attached hydrogen (secondary N) is 1. The Morgan fingerprint density at radius 3 is 2.34 bits per heavy atom. The molecule has 0 radical (unpaired) electrons. The third-order valence-electron chi connectivity index (χ3n) is 11.0. The van der Waals surface area contributed by atoms with Gasteiger partial charge < -0.3 is 24.8 Å². The molecule has 0 spiro atoms. The van der Waals surface area contributed by atoms with Gasteiger partial charge in [-0.25, -0.2) is 0 Å². The van der Waals surface area contributed by atoms with E-state index < -0.39 is 30.3 Å². The van der Waals surface area contributed by atoms with Crippen molar-refractivity contribution in [1.82, 2.24) is 15.1 Å². The van der Waals surface area contributed by atoms with Crippen LogP contribution in [0.4, 0.5) is 13.2 Å². The number of carbonyl (C=O) groups is 2. The summed E-state index contributed by atoms with van der Waals surface area (Å²) in [6, 6.07) is 37.2. The summed E-state index contributed by atoms with van der Waals surface area (Å²) in [5.74, 6) is -2.59. The number of likely N-dealkylation sites (N-methyl/N-ethyl adjacent to an activating group) is 1. The molecule has 5 aromatic carbocycles. The van der Waals surface area contributed by atoms with Crippen molar-refractivity contribution in [1.29, 1.82) is 0 Å². The van der Waals surface area contributed by atoms with Gasteiger partial charge in [-0.1, -0.05) is 97.1 Å². The molecule has 2 amide bonds. The number of hydrogen-bond donors (Lipinski definition) is 2. The van der Waals surface area contributed by atoms with Crippen LogP contribution in [0.2, 0.25) is 0 Å². The van der Waals surface area contributed by atoms with Crippen LogP contribution in [0.5, 0.6) is 0 Å². The van der Waals surface area contributed by atoms with Crippen molar-refractivity contribution in [2.45, 2.75) is 76.1 Å². The van der Waals surface area contributed by atoms with Crippen LogP contribution >= 0.6 is 0 Å². The fraction of sp³-hybridized carbons (Fsp3) is 0.333. The fourth-order valence-electron chi connectivity index (χ4n) is 7.71. The Balaban J connectivity index is 1.07. The summed E-state index contributed by atoms with van der Waals surface area (Å²) in [6.07, 6.45) is -4.96. The molecule has 0 bridgehead atoms. The zero-order chi connectivity index (χ0) is 39.4. The lowest BCUT2D eigenvalue weighted by molar-refractivity contribution is -0.253. The lowest BCUT2D eigenvalue weighted by Gasteiger charge is -2.39. The van der Waals surface area contributed by atoms with E-state index >= 15 is 0 Å². The number of aliphatic hydroxyl groups excluding tert-OH is 1. The van der Waals surface area contributed by atoms with Gasteiger partial charge in [-0.15, -0.1) is 0 Å². The van der Waals surface area contributed by atoms with E-state index in [0.29, 0.717) is 24.3 Å². The second kappa shape index (κ2) is 17.0. The summed E-state index contributed by atoms with van der Waals surface area (Å²) in [6.45, 7) is 2.81. The van der Waals surface area contributed by atoms with E-state index in [1.54, 1.807) is 0 Å². The molecule has 5 atom stereocenters. The van der Waals surface area contributed by atoms with Crippen molar-refractivity contribution in [2.24, 2.45) is 0 Å². The molecular formula is C45H46F3N3O5. The molecule has 0 aromatic heterocycles. The first kappa shape index (κ1) is 39.2. The van der Waals surface area contributed by atoms with E-state index in [2.05, 4.69) is 60.6 Å². The van der Waals surface area contributed by atoms with Gasteiger partial charge in [0.1, 0.15) is 6.04 Å². The van der Waals surface area contributed by atoms with E-state index in [4.69, 9.17) is 9.47 Å². The second-order valence-electron chi connectivity index (χ2n) is 14.8. The van der Waals surface area contributed by atoms with E-state index in [0.717, 1.165) is 33.4 Å². The molecule has 2 aliphatic rings. The Bertz CT molecular complexity index is 2160. The highest BCUT2D eigenvalue weighted by Crippen LogP contribution is 2.40. The number of benzene rings is 5. The number of alkyl halides is 3. The highest BCUT2D eigenvalue weighted by atomic mass is 19.4.